The van der Waals surface area contributed by atoms with Gasteiger partial charge in [0.15, 0.2) is 0 Å². The van der Waals surface area contributed by atoms with Crippen LogP contribution in [-0.2, 0) is 14.3 Å². The minimum absolute atomic E-state index is 0.0448. The summed E-state index contributed by atoms with van der Waals surface area (Å²) in [5.41, 5.74) is -0.224. The summed E-state index contributed by atoms with van der Waals surface area (Å²) in [5.74, 6) is -0.0448. The average Bonchev–Trinajstić information content (AvgIpc) is 2.29. The fraction of sp³-hybridized carbons (Fsp3) is 0.917. The molecule has 1 saturated heterocycles. The SMILES string of the molecule is COC(C)(C)CC(C)NC(=O)C1CNCCO1. The standard InChI is InChI=1S/C12H24N2O3/c1-9(7-12(2,3)16-4)14-11(15)10-8-13-5-6-17-10/h9-10,13H,5-8H2,1-4H3,(H,14,15). The van der Waals surface area contributed by atoms with E-state index in [0.29, 0.717) is 13.2 Å². The second kappa shape index (κ2) is 6.33. The number of rotatable bonds is 5. The molecule has 1 fully saturated rings. The van der Waals surface area contributed by atoms with E-state index in [1.165, 1.54) is 0 Å². The van der Waals surface area contributed by atoms with E-state index in [-0.39, 0.29) is 23.7 Å². The number of nitrogens with one attached hydrogen (secondary N) is 2. The molecule has 1 heterocycles. The number of carbonyl (C=O) groups excluding carboxylic acids is 1. The maximum Gasteiger partial charge on any atom is 0.250 e. The summed E-state index contributed by atoms with van der Waals surface area (Å²) in [7, 11) is 1.68. The lowest BCUT2D eigenvalue weighted by molar-refractivity contribution is -0.135. The van der Waals surface area contributed by atoms with E-state index in [0.717, 1.165) is 13.0 Å². The van der Waals surface area contributed by atoms with Gasteiger partial charge in [-0.2, -0.15) is 0 Å². The molecule has 0 radical (unpaired) electrons. The van der Waals surface area contributed by atoms with Crippen LogP contribution in [0, 0.1) is 0 Å². The van der Waals surface area contributed by atoms with E-state index in [1.54, 1.807) is 7.11 Å². The van der Waals surface area contributed by atoms with Crippen molar-refractivity contribution in [2.75, 3.05) is 26.8 Å². The van der Waals surface area contributed by atoms with Gasteiger partial charge in [0.2, 0.25) is 0 Å². The van der Waals surface area contributed by atoms with Crippen LogP contribution in [0.2, 0.25) is 0 Å². The van der Waals surface area contributed by atoms with Crippen molar-refractivity contribution in [1.82, 2.24) is 10.6 Å². The number of carbonyl (C=O) groups is 1. The van der Waals surface area contributed by atoms with E-state index < -0.39 is 0 Å². The molecule has 0 aromatic rings. The van der Waals surface area contributed by atoms with E-state index in [1.807, 2.05) is 20.8 Å². The highest BCUT2D eigenvalue weighted by atomic mass is 16.5. The fourth-order valence-electron chi connectivity index (χ4n) is 1.94. The number of methoxy groups -OCH3 is 1. The predicted molar refractivity (Wildman–Crippen MR) is 65.9 cm³/mol. The Bertz CT molecular complexity index is 250. The first-order valence-electron chi connectivity index (χ1n) is 6.12. The summed E-state index contributed by atoms with van der Waals surface area (Å²) in [5, 5.41) is 6.09. The Morgan fingerprint density at radius 1 is 1.65 bits per heavy atom. The highest BCUT2D eigenvalue weighted by Crippen LogP contribution is 2.15. The number of ether oxygens (including phenoxy) is 2. The molecule has 1 aliphatic heterocycles. The second-order valence-electron chi connectivity index (χ2n) is 5.14. The van der Waals surface area contributed by atoms with Crippen molar-refractivity contribution in [3.8, 4) is 0 Å². The molecule has 5 heteroatoms. The average molecular weight is 244 g/mol. The van der Waals surface area contributed by atoms with Crippen molar-refractivity contribution in [3.63, 3.8) is 0 Å². The van der Waals surface area contributed by atoms with Crippen LogP contribution in [0.25, 0.3) is 0 Å². The van der Waals surface area contributed by atoms with Gasteiger partial charge in [0.25, 0.3) is 5.91 Å². The molecular weight excluding hydrogens is 220 g/mol. The highest BCUT2D eigenvalue weighted by molar-refractivity contribution is 5.81. The van der Waals surface area contributed by atoms with E-state index in [4.69, 9.17) is 9.47 Å². The Balaban J connectivity index is 2.34. The molecule has 2 unspecified atom stereocenters. The lowest BCUT2D eigenvalue weighted by atomic mass is 10.00. The van der Waals surface area contributed by atoms with Crippen molar-refractivity contribution >= 4 is 5.91 Å². The van der Waals surface area contributed by atoms with Crippen LogP contribution in [0.1, 0.15) is 27.2 Å². The van der Waals surface area contributed by atoms with Gasteiger partial charge in [-0.05, 0) is 27.2 Å². The van der Waals surface area contributed by atoms with E-state index >= 15 is 0 Å². The van der Waals surface area contributed by atoms with Gasteiger partial charge < -0.3 is 20.1 Å². The van der Waals surface area contributed by atoms with Gasteiger partial charge in [0, 0.05) is 26.2 Å². The van der Waals surface area contributed by atoms with Crippen molar-refractivity contribution in [3.05, 3.63) is 0 Å². The zero-order valence-electron chi connectivity index (χ0n) is 11.2. The van der Waals surface area contributed by atoms with Gasteiger partial charge in [-0.25, -0.2) is 0 Å². The molecule has 5 nitrogen and oxygen atoms in total. The van der Waals surface area contributed by atoms with E-state index in [2.05, 4.69) is 10.6 Å². The number of morpholine rings is 1. The molecule has 1 aliphatic rings. The monoisotopic (exact) mass is 244 g/mol. The van der Waals surface area contributed by atoms with Gasteiger partial charge in [-0.3, -0.25) is 4.79 Å². The maximum absolute atomic E-state index is 11.9. The van der Waals surface area contributed by atoms with Crippen LogP contribution in [0.5, 0.6) is 0 Å². The van der Waals surface area contributed by atoms with Crippen LogP contribution in [0.3, 0.4) is 0 Å². The molecule has 0 bridgehead atoms. The summed E-state index contributed by atoms with van der Waals surface area (Å²) in [6.07, 6.45) is 0.409. The van der Waals surface area contributed by atoms with Crippen LogP contribution in [-0.4, -0.2) is 50.5 Å². The number of amides is 1. The largest absolute Gasteiger partial charge is 0.379 e. The smallest absolute Gasteiger partial charge is 0.250 e. The molecule has 100 valence electrons. The molecule has 0 aromatic heterocycles. The Kier molecular flexibility index (Phi) is 5.36. The molecule has 1 rings (SSSR count). The first kappa shape index (κ1) is 14.4. The third-order valence-corrected chi connectivity index (χ3v) is 2.96. The van der Waals surface area contributed by atoms with Crippen LogP contribution >= 0.6 is 0 Å². The van der Waals surface area contributed by atoms with Crippen molar-refractivity contribution < 1.29 is 14.3 Å². The predicted octanol–water partition coefficient (Wildman–Crippen LogP) is 0.295. The lowest BCUT2D eigenvalue weighted by Crippen LogP contribution is -2.50. The third-order valence-electron chi connectivity index (χ3n) is 2.96. The van der Waals surface area contributed by atoms with Crippen molar-refractivity contribution in [2.24, 2.45) is 0 Å². The second-order valence-corrected chi connectivity index (χ2v) is 5.14. The normalized spacial score (nSPS) is 23.2. The Morgan fingerprint density at radius 2 is 2.35 bits per heavy atom. The van der Waals surface area contributed by atoms with E-state index in [9.17, 15) is 4.79 Å². The summed E-state index contributed by atoms with van der Waals surface area (Å²) < 4.78 is 10.7. The maximum atomic E-state index is 11.9. The minimum atomic E-state index is -0.364. The summed E-state index contributed by atoms with van der Waals surface area (Å²) >= 11 is 0. The van der Waals surface area contributed by atoms with Crippen LogP contribution in [0.4, 0.5) is 0 Å². The summed E-state index contributed by atoms with van der Waals surface area (Å²) in [6, 6.07) is 0.0722. The molecule has 0 aliphatic carbocycles. The van der Waals surface area contributed by atoms with Gasteiger partial charge in [0.05, 0.1) is 12.2 Å². The number of hydrogen-bond donors (Lipinski definition) is 2. The Labute approximate surface area is 103 Å². The molecule has 17 heavy (non-hydrogen) atoms. The zero-order valence-corrected chi connectivity index (χ0v) is 11.2. The molecule has 2 N–H and O–H groups in total. The van der Waals surface area contributed by atoms with Gasteiger partial charge in [-0.15, -0.1) is 0 Å². The molecule has 1 amide bonds. The topological polar surface area (TPSA) is 59.6 Å². The molecule has 2 atom stereocenters. The highest BCUT2D eigenvalue weighted by Gasteiger charge is 2.25. The fourth-order valence-corrected chi connectivity index (χ4v) is 1.94. The Hall–Kier alpha value is -0.650. The van der Waals surface area contributed by atoms with Gasteiger partial charge in [0.1, 0.15) is 6.10 Å². The summed E-state index contributed by atoms with van der Waals surface area (Å²) in [6.45, 7) is 8.00. The number of hydrogen-bond acceptors (Lipinski definition) is 4. The lowest BCUT2D eigenvalue weighted by Gasteiger charge is -2.29. The van der Waals surface area contributed by atoms with Crippen molar-refractivity contribution in [2.45, 2.75) is 44.9 Å². The van der Waals surface area contributed by atoms with Crippen LogP contribution in [0.15, 0.2) is 0 Å². The first-order chi connectivity index (χ1) is 7.94. The van der Waals surface area contributed by atoms with Gasteiger partial charge >= 0.3 is 0 Å². The zero-order chi connectivity index (χ0) is 12.9. The van der Waals surface area contributed by atoms with Crippen molar-refractivity contribution in [1.29, 1.82) is 0 Å². The van der Waals surface area contributed by atoms with Gasteiger partial charge in [-0.1, -0.05) is 0 Å². The minimum Gasteiger partial charge on any atom is -0.379 e. The third kappa shape index (κ3) is 5.02. The molecule has 0 aromatic carbocycles. The first-order valence-corrected chi connectivity index (χ1v) is 6.12. The summed E-state index contributed by atoms with van der Waals surface area (Å²) in [4.78, 5) is 11.9. The quantitative estimate of drug-likeness (QED) is 0.730. The van der Waals surface area contributed by atoms with Crippen LogP contribution < -0.4 is 10.6 Å². The molecular formula is C12H24N2O3. The Morgan fingerprint density at radius 3 is 2.88 bits per heavy atom. The molecule has 0 saturated carbocycles. The molecule has 0 spiro atoms.